The highest BCUT2D eigenvalue weighted by Crippen LogP contribution is 2.26. The maximum atomic E-state index is 11.5. The first kappa shape index (κ1) is 12.5. The van der Waals surface area contributed by atoms with Crippen molar-refractivity contribution in [1.82, 2.24) is 5.32 Å². The summed E-state index contributed by atoms with van der Waals surface area (Å²) < 4.78 is 0. The Hall–Kier alpha value is -0.610. The number of hydrogen-bond acceptors (Lipinski definition) is 3. The summed E-state index contributed by atoms with van der Waals surface area (Å²) in [7, 11) is 0. The van der Waals surface area contributed by atoms with Crippen LogP contribution in [0.2, 0.25) is 0 Å². The van der Waals surface area contributed by atoms with Gasteiger partial charge in [-0.1, -0.05) is 13.8 Å². The number of nitrogens with one attached hydrogen (secondary N) is 1. The van der Waals surface area contributed by atoms with E-state index in [0.29, 0.717) is 18.4 Å². The number of carbonyl (C=O) groups is 1. The van der Waals surface area contributed by atoms with Gasteiger partial charge >= 0.3 is 0 Å². The standard InChI is InChI=1S/C11H22N2O2/c1-7(2)3-10(12)11(15)13-6-8-4-9(14)5-8/h7-10,14H,3-6,12H2,1-2H3,(H,13,15)/t8?,9?,10-/m0/s1. The van der Waals surface area contributed by atoms with Crippen LogP contribution in [0, 0.1) is 11.8 Å². The van der Waals surface area contributed by atoms with Crippen molar-refractivity contribution < 1.29 is 9.90 Å². The highest BCUT2D eigenvalue weighted by Gasteiger charge is 2.27. The van der Waals surface area contributed by atoms with Crippen molar-refractivity contribution in [1.29, 1.82) is 0 Å². The number of rotatable bonds is 5. The van der Waals surface area contributed by atoms with E-state index in [1.165, 1.54) is 0 Å². The zero-order valence-electron chi connectivity index (χ0n) is 9.57. The summed E-state index contributed by atoms with van der Waals surface area (Å²) in [5, 5.41) is 11.9. The van der Waals surface area contributed by atoms with Crippen LogP contribution in [0.15, 0.2) is 0 Å². The van der Waals surface area contributed by atoms with E-state index in [9.17, 15) is 4.79 Å². The lowest BCUT2D eigenvalue weighted by Crippen LogP contribution is -2.45. The third kappa shape index (κ3) is 4.18. The fourth-order valence-electron chi connectivity index (χ4n) is 1.86. The van der Waals surface area contributed by atoms with Crippen LogP contribution in [-0.2, 0) is 4.79 Å². The zero-order valence-corrected chi connectivity index (χ0v) is 9.57. The molecule has 0 aromatic rings. The van der Waals surface area contributed by atoms with Gasteiger partial charge in [-0.15, -0.1) is 0 Å². The minimum Gasteiger partial charge on any atom is -0.393 e. The van der Waals surface area contributed by atoms with Crippen molar-refractivity contribution in [2.75, 3.05) is 6.54 Å². The normalized spacial score (nSPS) is 27.3. The fourth-order valence-corrected chi connectivity index (χ4v) is 1.86. The molecule has 1 saturated carbocycles. The molecule has 88 valence electrons. The van der Waals surface area contributed by atoms with Gasteiger partial charge in [-0.3, -0.25) is 4.79 Å². The van der Waals surface area contributed by atoms with Crippen molar-refractivity contribution >= 4 is 5.91 Å². The predicted molar refractivity (Wildman–Crippen MR) is 59.2 cm³/mol. The van der Waals surface area contributed by atoms with Gasteiger partial charge in [0.15, 0.2) is 0 Å². The van der Waals surface area contributed by atoms with Crippen LogP contribution in [0.1, 0.15) is 33.1 Å². The summed E-state index contributed by atoms with van der Waals surface area (Å²) in [6.45, 7) is 4.76. The first-order valence-corrected chi connectivity index (χ1v) is 5.70. The molecule has 0 aromatic carbocycles. The summed E-state index contributed by atoms with van der Waals surface area (Å²) in [4.78, 5) is 11.5. The van der Waals surface area contributed by atoms with Gasteiger partial charge in [0.25, 0.3) is 0 Å². The summed E-state index contributed by atoms with van der Waals surface area (Å²) in [5.74, 6) is 0.816. The average Bonchev–Trinajstić information content (AvgIpc) is 2.08. The number of carbonyl (C=O) groups excluding carboxylic acids is 1. The van der Waals surface area contributed by atoms with Crippen LogP contribution in [0.4, 0.5) is 0 Å². The van der Waals surface area contributed by atoms with Gasteiger partial charge in [-0.25, -0.2) is 0 Å². The molecule has 1 rings (SSSR count). The summed E-state index contributed by atoms with van der Waals surface area (Å²) in [6, 6.07) is -0.394. The molecule has 1 aliphatic carbocycles. The Balaban J connectivity index is 2.12. The first-order chi connectivity index (χ1) is 6.99. The molecule has 0 bridgehead atoms. The van der Waals surface area contributed by atoms with Crippen LogP contribution < -0.4 is 11.1 Å². The average molecular weight is 214 g/mol. The second kappa shape index (κ2) is 5.47. The van der Waals surface area contributed by atoms with Crippen LogP contribution in [0.3, 0.4) is 0 Å². The number of aliphatic hydroxyl groups excluding tert-OH is 1. The molecule has 1 amide bonds. The lowest BCUT2D eigenvalue weighted by Gasteiger charge is -2.31. The molecule has 1 atom stereocenters. The largest absolute Gasteiger partial charge is 0.393 e. The minimum absolute atomic E-state index is 0.0647. The monoisotopic (exact) mass is 214 g/mol. The van der Waals surface area contributed by atoms with Gasteiger partial charge in [0.1, 0.15) is 0 Å². The predicted octanol–water partition coefficient (Wildman–Crippen LogP) is 0.247. The second-order valence-electron chi connectivity index (χ2n) is 4.97. The summed E-state index contributed by atoms with van der Waals surface area (Å²) in [6.07, 6.45) is 2.18. The molecule has 0 spiro atoms. The van der Waals surface area contributed by atoms with E-state index < -0.39 is 6.04 Å². The lowest BCUT2D eigenvalue weighted by molar-refractivity contribution is -0.123. The molecule has 15 heavy (non-hydrogen) atoms. The van der Waals surface area contributed by atoms with E-state index in [4.69, 9.17) is 10.8 Å². The molecule has 1 fully saturated rings. The van der Waals surface area contributed by atoms with Crippen LogP contribution >= 0.6 is 0 Å². The summed E-state index contributed by atoms with van der Waals surface area (Å²) in [5.41, 5.74) is 5.73. The van der Waals surface area contributed by atoms with Gasteiger partial charge in [-0.2, -0.15) is 0 Å². The highest BCUT2D eigenvalue weighted by atomic mass is 16.3. The van der Waals surface area contributed by atoms with E-state index in [-0.39, 0.29) is 12.0 Å². The SMILES string of the molecule is CC(C)C[C@H](N)C(=O)NCC1CC(O)C1. The van der Waals surface area contributed by atoms with E-state index in [0.717, 1.165) is 19.3 Å². The van der Waals surface area contributed by atoms with E-state index >= 15 is 0 Å². The van der Waals surface area contributed by atoms with Crippen molar-refractivity contribution in [3.63, 3.8) is 0 Å². The molecular weight excluding hydrogens is 192 g/mol. The van der Waals surface area contributed by atoms with Crippen molar-refractivity contribution in [3.05, 3.63) is 0 Å². The van der Waals surface area contributed by atoms with Gasteiger partial charge in [0, 0.05) is 6.54 Å². The van der Waals surface area contributed by atoms with E-state index in [2.05, 4.69) is 19.2 Å². The third-order valence-electron chi connectivity index (χ3n) is 2.84. The molecule has 0 saturated heterocycles. The van der Waals surface area contributed by atoms with Crippen LogP contribution in [0.25, 0.3) is 0 Å². The maximum absolute atomic E-state index is 11.5. The smallest absolute Gasteiger partial charge is 0.236 e. The summed E-state index contributed by atoms with van der Waals surface area (Å²) >= 11 is 0. The fraction of sp³-hybridized carbons (Fsp3) is 0.909. The Morgan fingerprint density at radius 2 is 2.13 bits per heavy atom. The van der Waals surface area contributed by atoms with Crippen molar-refractivity contribution in [2.24, 2.45) is 17.6 Å². The van der Waals surface area contributed by atoms with E-state index in [1.807, 2.05) is 0 Å². The highest BCUT2D eigenvalue weighted by molar-refractivity contribution is 5.81. The number of hydrogen-bond donors (Lipinski definition) is 3. The Morgan fingerprint density at radius 3 is 2.60 bits per heavy atom. The quantitative estimate of drug-likeness (QED) is 0.614. The molecule has 0 heterocycles. The van der Waals surface area contributed by atoms with E-state index in [1.54, 1.807) is 0 Å². The topological polar surface area (TPSA) is 75.4 Å². The lowest BCUT2D eigenvalue weighted by atomic mass is 9.82. The van der Waals surface area contributed by atoms with Gasteiger partial charge in [-0.05, 0) is 31.1 Å². The Bertz CT molecular complexity index is 213. The number of nitrogens with two attached hydrogens (primary N) is 1. The van der Waals surface area contributed by atoms with Gasteiger partial charge in [0.05, 0.1) is 12.1 Å². The van der Waals surface area contributed by atoms with Gasteiger partial charge in [0.2, 0.25) is 5.91 Å². The minimum atomic E-state index is -0.394. The molecule has 4 N–H and O–H groups in total. The molecule has 1 aliphatic rings. The van der Waals surface area contributed by atoms with Crippen LogP contribution in [-0.4, -0.2) is 29.7 Å². The maximum Gasteiger partial charge on any atom is 0.236 e. The Kier molecular flexibility index (Phi) is 4.54. The third-order valence-corrected chi connectivity index (χ3v) is 2.84. The Morgan fingerprint density at radius 1 is 1.53 bits per heavy atom. The molecule has 0 unspecified atom stereocenters. The molecule has 4 heteroatoms. The van der Waals surface area contributed by atoms with Crippen LogP contribution in [0.5, 0.6) is 0 Å². The first-order valence-electron chi connectivity index (χ1n) is 5.70. The number of amides is 1. The van der Waals surface area contributed by atoms with Crippen molar-refractivity contribution in [3.8, 4) is 0 Å². The van der Waals surface area contributed by atoms with Gasteiger partial charge < -0.3 is 16.2 Å². The molecular formula is C11H22N2O2. The molecule has 0 aliphatic heterocycles. The Labute approximate surface area is 91.2 Å². The number of aliphatic hydroxyl groups is 1. The zero-order chi connectivity index (χ0) is 11.4. The molecule has 4 nitrogen and oxygen atoms in total. The molecule has 0 aromatic heterocycles. The second-order valence-corrected chi connectivity index (χ2v) is 4.97. The molecule has 0 radical (unpaired) electrons. The van der Waals surface area contributed by atoms with Crippen molar-refractivity contribution in [2.45, 2.75) is 45.3 Å².